The van der Waals surface area contributed by atoms with Crippen LogP contribution in [0.4, 0.5) is 5.69 Å². The minimum atomic E-state index is -3.24. The molecule has 3 N–H and O–H groups in total. The van der Waals surface area contributed by atoms with E-state index < -0.39 is 14.6 Å². The first-order chi connectivity index (χ1) is 8.95. The van der Waals surface area contributed by atoms with Crippen LogP contribution in [0.3, 0.4) is 0 Å². The molecule has 8 heteroatoms. The number of hydrogen-bond donors (Lipinski definition) is 2. The Hall–Kier alpha value is -1.57. The molecule has 0 aromatic carbocycles. The molecule has 0 unspecified atom stereocenters. The molecular formula is C12H22N4O3S. The van der Waals surface area contributed by atoms with Crippen LogP contribution in [0.25, 0.3) is 0 Å². The summed E-state index contributed by atoms with van der Waals surface area (Å²) in [7, 11) is -3.24. The van der Waals surface area contributed by atoms with E-state index >= 15 is 0 Å². The third-order valence-corrected chi connectivity index (χ3v) is 5.60. The summed E-state index contributed by atoms with van der Waals surface area (Å²) in [6.07, 6.45) is 1.15. The summed E-state index contributed by atoms with van der Waals surface area (Å²) >= 11 is 0. The smallest absolute Gasteiger partial charge is 0.241 e. The lowest BCUT2D eigenvalue weighted by Gasteiger charge is -2.22. The zero-order valence-electron chi connectivity index (χ0n) is 12.5. The number of aromatic nitrogens is 2. The second-order valence-corrected chi connectivity index (χ2v) is 8.20. The van der Waals surface area contributed by atoms with E-state index in [-0.39, 0.29) is 19.0 Å². The largest absolute Gasteiger partial charge is 0.396 e. The molecule has 0 aliphatic rings. The predicted octanol–water partition coefficient (Wildman–Crippen LogP) is 0.0215. The molecule has 0 fully saturated rings. The van der Waals surface area contributed by atoms with Crippen molar-refractivity contribution >= 4 is 21.4 Å². The summed E-state index contributed by atoms with van der Waals surface area (Å²) in [6, 6.07) is 0. The standard InChI is InChI=1S/C12H22N4O3S/c1-8-11(13)9(2)16(15-8)6-10(17)14-7-12(3,4)20(5,18)19/h6-7,13H2,1-5H3,(H,14,17). The summed E-state index contributed by atoms with van der Waals surface area (Å²) in [5.41, 5.74) is 7.74. The molecule has 0 atom stereocenters. The predicted molar refractivity (Wildman–Crippen MR) is 78.0 cm³/mol. The van der Waals surface area contributed by atoms with Crippen LogP contribution in [-0.4, -0.2) is 41.7 Å². The fraction of sp³-hybridized carbons (Fsp3) is 0.667. The maximum absolute atomic E-state index is 11.9. The van der Waals surface area contributed by atoms with Crippen molar-refractivity contribution in [2.75, 3.05) is 18.5 Å². The Morgan fingerprint density at radius 1 is 1.40 bits per heavy atom. The number of hydrogen-bond acceptors (Lipinski definition) is 5. The Morgan fingerprint density at radius 3 is 2.35 bits per heavy atom. The molecule has 0 aliphatic carbocycles. The van der Waals surface area contributed by atoms with Crippen molar-refractivity contribution < 1.29 is 13.2 Å². The van der Waals surface area contributed by atoms with E-state index in [9.17, 15) is 13.2 Å². The van der Waals surface area contributed by atoms with Gasteiger partial charge in [-0.05, 0) is 27.7 Å². The fourth-order valence-electron chi connectivity index (χ4n) is 1.50. The quantitative estimate of drug-likeness (QED) is 0.797. The van der Waals surface area contributed by atoms with Crippen molar-refractivity contribution in [2.24, 2.45) is 0 Å². The summed E-state index contributed by atoms with van der Waals surface area (Å²) in [5, 5.41) is 6.77. The molecule has 1 aromatic rings. The summed E-state index contributed by atoms with van der Waals surface area (Å²) in [5.74, 6) is -0.299. The lowest BCUT2D eigenvalue weighted by atomic mass is 10.2. The second kappa shape index (κ2) is 5.43. The minimum absolute atomic E-state index is 0.0176. The van der Waals surface area contributed by atoms with Gasteiger partial charge in [0.05, 0.1) is 21.8 Å². The highest BCUT2D eigenvalue weighted by molar-refractivity contribution is 7.92. The van der Waals surface area contributed by atoms with Crippen molar-refractivity contribution in [2.45, 2.75) is 39.0 Å². The Morgan fingerprint density at radius 2 is 1.95 bits per heavy atom. The third kappa shape index (κ3) is 3.50. The van der Waals surface area contributed by atoms with Crippen LogP contribution in [-0.2, 0) is 21.2 Å². The zero-order valence-corrected chi connectivity index (χ0v) is 13.3. The van der Waals surface area contributed by atoms with Crippen LogP contribution in [0, 0.1) is 13.8 Å². The van der Waals surface area contributed by atoms with Gasteiger partial charge in [0, 0.05) is 12.8 Å². The van der Waals surface area contributed by atoms with Crippen molar-refractivity contribution in [1.29, 1.82) is 0 Å². The van der Waals surface area contributed by atoms with Gasteiger partial charge in [-0.15, -0.1) is 0 Å². The van der Waals surface area contributed by atoms with E-state index in [2.05, 4.69) is 10.4 Å². The summed E-state index contributed by atoms with van der Waals surface area (Å²) < 4.78 is 23.6. The molecule has 20 heavy (non-hydrogen) atoms. The Labute approximate surface area is 119 Å². The van der Waals surface area contributed by atoms with Crippen molar-refractivity contribution in [3.8, 4) is 0 Å². The van der Waals surface area contributed by atoms with E-state index in [1.165, 1.54) is 4.68 Å². The van der Waals surface area contributed by atoms with Gasteiger partial charge in [-0.1, -0.05) is 0 Å². The molecule has 0 bridgehead atoms. The van der Waals surface area contributed by atoms with Gasteiger partial charge in [-0.2, -0.15) is 5.10 Å². The number of nitrogens with two attached hydrogens (primary N) is 1. The first kappa shape index (κ1) is 16.5. The zero-order chi connectivity index (χ0) is 15.7. The molecule has 1 rings (SSSR count). The number of anilines is 1. The Bertz CT molecular complexity index is 617. The molecule has 0 saturated carbocycles. The normalized spacial score (nSPS) is 12.4. The number of nitrogens with one attached hydrogen (secondary N) is 1. The molecule has 7 nitrogen and oxygen atoms in total. The maximum atomic E-state index is 11.9. The van der Waals surface area contributed by atoms with E-state index in [0.29, 0.717) is 11.4 Å². The second-order valence-electron chi connectivity index (χ2n) is 5.55. The Kier molecular flexibility index (Phi) is 4.48. The molecular weight excluding hydrogens is 280 g/mol. The molecule has 1 amide bonds. The highest BCUT2D eigenvalue weighted by atomic mass is 32.2. The van der Waals surface area contributed by atoms with Crippen LogP contribution in [0.15, 0.2) is 0 Å². The summed E-state index contributed by atoms with van der Waals surface area (Å²) in [4.78, 5) is 11.9. The molecule has 0 spiro atoms. The van der Waals surface area contributed by atoms with Crippen molar-refractivity contribution in [3.63, 3.8) is 0 Å². The number of nitrogen functional groups attached to an aromatic ring is 1. The van der Waals surface area contributed by atoms with E-state index in [1.807, 2.05) is 0 Å². The highest BCUT2D eigenvalue weighted by Crippen LogP contribution is 2.15. The molecule has 1 heterocycles. The van der Waals surface area contributed by atoms with Crippen LogP contribution in [0.1, 0.15) is 25.2 Å². The van der Waals surface area contributed by atoms with Crippen LogP contribution >= 0.6 is 0 Å². The van der Waals surface area contributed by atoms with Gasteiger partial charge in [0.1, 0.15) is 6.54 Å². The fourth-order valence-corrected chi connectivity index (χ4v) is 1.83. The van der Waals surface area contributed by atoms with Crippen LogP contribution in [0.2, 0.25) is 0 Å². The average molecular weight is 302 g/mol. The molecule has 1 aromatic heterocycles. The van der Waals surface area contributed by atoms with E-state index in [4.69, 9.17) is 5.73 Å². The number of aryl methyl sites for hydroxylation is 1. The Balaban J connectivity index is 2.68. The third-order valence-electron chi connectivity index (χ3n) is 3.45. The molecule has 0 saturated heterocycles. The van der Waals surface area contributed by atoms with Crippen LogP contribution in [0.5, 0.6) is 0 Å². The number of carbonyl (C=O) groups is 1. The topological polar surface area (TPSA) is 107 Å². The lowest BCUT2D eigenvalue weighted by Crippen LogP contribution is -2.44. The number of rotatable bonds is 5. The van der Waals surface area contributed by atoms with Gasteiger partial charge < -0.3 is 11.1 Å². The monoisotopic (exact) mass is 302 g/mol. The van der Waals surface area contributed by atoms with Crippen LogP contribution < -0.4 is 11.1 Å². The highest BCUT2D eigenvalue weighted by Gasteiger charge is 2.30. The lowest BCUT2D eigenvalue weighted by molar-refractivity contribution is -0.121. The summed E-state index contributed by atoms with van der Waals surface area (Å²) in [6.45, 7) is 6.77. The van der Waals surface area contributed by atoms with Crippen molar-refractivity contribution in [3.05, 3.63) is 11.4 Å². The van der Waals surface area contributed by atoms with Crippen molar-refractivity contribution in [1.82, 2.24) is 15.1 Å². The van der Waals surface area contributed by atoms with E-state index in [0.717, 1.165) is 11.9 Å². The first-order valence-electron chi connectivity index (χ1n) is 6.21. The number of carbonyl (C=O) groups excluding carboxylic acids is 1. The van der Waals surface area contributed by atoms with Gasteiger partial charge in [-0.3, -0.25) is 9.48 Å². The van der Waals surface area contributed by atoms with Gasteiger partial charge in [0.15, 0.2) is 9.84 Å². The SMILES string of the molecule is Cc1nn(CC(=O)NCC(C)(C)S(C)(=O)=O)c(C)c1N. The molecule has 0 radical (unpaired) electrons. The van der Waals surface area contributed by atoms with Gasteiger partial charge in [0.2, 0.25) is 5.91 Å². The number of amides is 1. The minimum Gasteiger partial charge on any atom is -0.396 e. The number of nitrogens with zero attached hydrogens (tertiary/aromatic N) is 2. The first-order valence-corrected chi connectivity index (χ1v) is 8.10. The maximum Gasteiger partial charge on any atom is 0.241 e. The van der Waals surface area contributed by atoms with E-state index in [1.54, 1.807) is 27.7 Å². The van der Waals surface area contributed by atoms with Gasteiger partial charge in [0.25, 0.3) is 0 Å². The number of sulfone groups is 1. The average Bonchev–Trinajstić information content (AvgIpc) is 2.53. The van der Waals surface area contributed by atoms with Gasteiger partial charge >= 0.3 is 0 Å². The molecule has 0 aliphatic heterocycles. The molecule has 114 valence electrons. The van der Waals surface area contributed by atoms with Gasteiger partial charge in [-0.25, -0.2) is 8.42 Å².